The van der Waals surface area contributed by atoms with Gasteiger partial charge in [0.05, 0.1) is 11.5 Å². The maximum atomic E-state index is 10.8. The normalized spacial score (nSPS) is 20.5. The van der Waals surface area contributed by atoms with E-state index in [1.54, 1.807) is 6.92 Å². The fraction of sp³-hybridized carbons (Fsp3) is 0.600. The Hall–Kier alpha value is -1.78. The Kier molecular flexibility index (Phi) is 4.08. The van der Waals surface area contributed by atoms with Crippen LogP contribution in [0.1, 0.15) is 40.5 Å². The summed E-state index contributed by atoms with van der Waals surface area (Å²) in [5, 5.41) is 28.8. The number of carbonyl (C=O) groups is 1. The second-order valence-corrected chi connectivity index (χ2v) is 5.42. The summed E-state index contributed by atoms with van der Waals surface area (Å²) in [5.41, 5.74) is -1.63. The van der Waals surface area contributed by atoms with Gasteiger partial charge in [0.15, 0.2) is 0 Å². The zero-order valence-electron chi connectivity index (χ0n) is 11.7. The minimum Gasteiger partial charge on any atom is -0.478 e. The van der Waals surface area contributed by atoms with Crippen molar-refractivity contribution in [2.24, 2.45) is 11.3 Å². The molecule has 0 heterocycles. The number of allylic oxidation sites excluding steroid dienone is 1. The first-order valence-electron chi connectivity index (χ1n) is 6.28. The first-order valence-corrected chi connectivity index (χ1v) is 6.28. The molecule has 0 saturated heterocycles. The van der Waals surface area contributed by atoms with Gasteiger partial charge in [0.1, 0.15) is 5.60 Å². The molecule has 1 aliphatic rings. The molecule has 0 aromatic heterocycles. The van der Waals surface area contributed by atoms with Gasteiger partial charge in [-0.25, -0.2) is 4.79 Å². The van der Waals surface area contributed by atoms with Crippen LogP contribution in [-0.2, 0) is 4.79 Å². The highest BCUT2D eigenvalue weighted by Gasteiger charge is 2.60. The monoisotopic (exact) mass is 261 g/mol. The number of rotatable bonds is 3. The van der Waals surface area contributed by atoms with E-state index in [2.05, 4.69) is 17.9 Å². The lowest BCUT2D eigenvalue weighted by Crippen LogP contribution is -2.42. The van der Waals surface area contributed by atoms with Gasteiger partial charge in [0, 0.05) is 11.1 Å². The number of carboxylic acids is 1. The SMILES string of the molecule is C/C(C#C[C@@](O)(C(C)C)C1(C#N)CC1)=C(\C)C(=O)O. The summed E-state index contributed by atoms with van der Waals surface area (Å²) < 4.78 is 0. The Morgan fingerprint density at radius 3 is 2.21 bits per heavy atom. The maximum Gasteiger partial charge on any atom is 0.332 e. The van der Waals surface area contributed by atoms with Gasteiger partial charge in [-0.1, -0.05) is 25.7 Å². The highest BCUT2D eigenvalue weighted by atomic mass is 16.4. The van der Waals surface area contributed by atoms with Crippen LogP contribution in [0.3, 0.4) is 0 Å². The van der Waals surface area contributed by atoms with Crippen LogP contribution in [-0.4, -0.2) is 21.8 Å². The molecule has 1 aliphatic carbocycles. The minimum absolute atomic E-state index is 0.153. The smallest absolute Gasteiger partial charge is 0.332 e. The van der Waals surface area contributed by atoms with Gasteiger partial charge in [-0.05, 0) is 32.6 Å². The van der Waals surface area contributed by atoms with Crippen molar-refractivity contribution in [1.29, 1.82) is 5.26 Å². The first kappa shape index (κ1) is 15.3. The van der Waals surface area contributed by atoms with Crippen molar-refractivity contribution in [2.75, 3.05) is 0 Å². The van der Waals surface area contributed by atoms with E-state index in [0.717, 1.165) is 0 Å². The van der Waals surface area contributed by atoms with Gasteiger partial charge in [-0.3, -0.25) is 0 Å². The number of aliphatic hydroxyl groups is 1. The number of hydrogen-bond donors (Lipinski definition) is 2. The van der Waals surface area contributed by atoms with Crippen molar-refractivity contribution in [1.82, 2.24) is 0 Å². The van der Waals surface area contributed by atoms with Gasteiger partial charge in [-0.2, -0.15) is 5.26 Å². The van der Waals surface area contributed by atoms with Gasteiger partial charge < -0.3 is 10.2 Å². The molecule has 0 aliphatic heterocycles. The lowest BCUT2D eigenvalue weighted by atomic mass is 9.77. The van der Waals surface area contributed by atoms with Gasteiger partial charge in [-0.15, -0.1) is 0 Å². The quantitative estimate of drug-likeness (QED) is 0.602. The Morgan fingerprint density at radius 1 is 1.37 bits per heavy atom. The summed E-state index contributed by atoms with van der Waals surface area (Å²) in [7, 11) is 0. The molecule has 1 saturated carbocycles. The van der Waals surface area contributed by atoms with Crippen LogP contribution in [0.2, 0.25) is 0 Å². The van der Waals surface area contributed by atoms with E-state index in [9.17, 15) is 15.2 Å². The maximum absolute atomic E-state index is 10.8. The Morgan fingerprint density at radius 2 is 1.89 bits per heavy atom. The summed E-state index contributed by atoms with van der Waals surface area (Å²) in [6.45, 7) is 6.70. The van der Waals surface area contributed by atoms with Crippen LogP contribution >= 0.6 is 0 Å². The average molecular weight is 261 g/mol. The fourth-order valence-corrected chi connectivity index (χ4v) is 1.96. The molecule has 1 atom stereocenters. The van der Waals surface area contributed by atoms with Crippen molar-refractivity contribution >= 4 is 5.97 Å². The van der Waals surface area contributed by atoms with E-state index in [4.69, 9.17) is 5.11 Å². The number of carboxylic acid groups (broad SMARTS) is 1. The molecule has 1 rings (SSSR count). The van der Waals surface area contributed by atoms with Crippen molar-refractivity contribution in [3.63, 3.8) is 0 Å². The topological polar surface area (TPSA) is 81.3 Å². The molecule has 4 heteroatoms. The summed E-state index contributed by atoms with van der Waals surface area (Å²) >= 11 is 0. The largest absolute Gasteiger partial charge is 0.478 e. The second-order valence-electron chi connectivity index (χ2n) is 5.42. The standard InChI is InChI=1S/C15H19NO3/c1-10(2)15(19,14(9-16)7-8-14)6-5-11(3)12(4)13(17)18/h10,19H,7-8H2,1-4H3,(H,17,18)/b12-11-/t15-/m1/s1. The summed E-state index contributed by atoms with van der Waals surface area (Å²) in [5.74, 6) is 4.24. The van der Waals surface area contributed by atoms with Crippen molar-refractivity contribution in [2.45, 2.75) is 46.1 Å². The van der Waals surface area contributed by atoms with Crippen molar-refractivity contribution in [3.8, 4) is 17.9 Å². The fourth-order valence-electron chi connectivity index (χ4n) is 1.96. The Balaban J connectivity index is 3.18. The van der Waals surface area contributed by atoms with E-state index in [1.165, 1.54) is 6.92 Å². The molecule has 0 aromatic carbocycles. The van der Waals surface area contributed by atoms with Gasteiger partial charge >= 0.3 is 5.97 Å². The van der Waals surface area contributed by atoms with Crippen molar-refractivity contribution in [3.05, 3.63) is 11.1 Å². The lowest BCUT2D eigenvalue weighted by Gasteiger charge is -2.31. The van der Waals surface area contributed by atoms with Crippen LogP contribution < -0.4 is 0 Å². The molecule has 0 amide bonds. The van der Waals surface area contributed by atoms with E-state index in [-0.39, 0.29) is 11.5 Å². The summed E-state index contributed by atoms with van der Waals surface area (Å²) in [6.07, 6.45) is 1.26. The molecular weight excluding hydrogens is 242 g/mol. The number of hydrogen-bond acceptors (Lipinski definition) is 3. The molecule has 0 bridgehead atoms. The minimum atomic E-state index is -1.39. The number of nitrogens with zero attached hydrogens (tertiary/aromatic N) is 1. The Bertz CT molecular complexity index is 524. The van der Waals surface area contributed by atoms with E-state index in [1.807, 2.05) is 13.8 Å². The lowest BCUT2D eigenvalue weighted by molar-refractivity contribution is -0.132. The molecule has 102 valence electrons. The van der Waals surface area contributed by atoms with E-state index >= 15 is 0 Å². The highest BCUT2D eigenvalue weighted by Crippen LogP contribution is 2.56. The summed E-state index contributed by atoms with van der Waals surface area (Å²) in [4.78, 5) is 10.8. The Labute approximate surface area is 113 Å². The zero-order chi connectivity index (χ0) is 14.8. The van der Waals surface area contributed by atoms with Gasteiger partial charge in [0.25, 0.3) is 0 Å². The first-order chi connectivity index (χ1) is 8.70. The third-order valence-electron chi connectivity index (χ3n) is 3.85. The van der Waals surface area contributed by atoms with Crippen LogP contribution in [0.15, 0.2) is 11.1 Å². The molecule has 0 aromatic rings. The van der Waals surface area contributed by atoms with Crippen LogP contribution in [0.5, 0.6) is 0 Å². The predicted octanol–water partition coefficient (Wildman–Crippen LogP) is 2.10. The van der Waals surface area contributed by atoms with E-state index in [0.29, 0.717) is 18.4 Å². The molecule has 1 fully saturated rings. The zero-order valence-corrected chi connectivity index (χ0v) is 11.7. The van der Waals surface area contributed by atoms with E-state index < -0.39 is 17.0 Å². The molecule has 2 N–H and O–H groups in total. The number of aliphatic carboxylic acids is 1. The molecule has 19 heavy (non-hydrogen) atoms. The average Bonchev–Trinajstić information content (AvgIpc) is 3.15. The second kappa shape index (κ2) is 5.07. The highest BCUT2D eigenvalue weighted by molar-refractivity contribution is 5.87. The van der Waals surface area contributed by atoms with Crippen molar-refractivity contribution < 1.29 is 15.0 Å². The van der Waals surface area contributed by atoms with Crippen LogP contribution in [0.25, 0.3) is 0 Å². The summed E-state index contributed by atoms with van der Waals surface area (Å²) in [6, 6.07) is 2.17. The third-order valence-corrected chi connectivity index (χ3v) is 3.85. The van der Waals surface area contributed by atoms with Crippen LogP contribution in [0, 0.1) is 34.5 Å². The van der Waals surface area contributed by atoms with Crippen LogP contribution in [0.4, 0.5) is 0 Å². The molecule has 4 nitrogen and oxygen atoms in total. The molecule has 0 unspecified atom stereocenters. The molecular formula is C15H19NO3. The molecule has 0 spiro atoms. The molecule has 0 radical (unpaired) electrons. The predicted molar refractivity (Wildman–Crippen MR) is 70.9 cm³/mol. The third kappa shape index (κ3) is 2.64. The van der Waals surface area contributed by atoms with Gasteiger partial charge in [0.2, 0.25) is 0 Å². The number of nitriles is 1.